The maximum atomic E-state index is 12.2. The highest BCUT2D eigenvalue weighted by Gasteiger charge is 2.22. The van der Waals surface area contributed by atoms with Gasteiger partial charge in [-0.3, -0.25) is 10.2 Å². The van der Waals surface area contributed by atoms with Gasteiger partial charge in [-0.15, -0.1) is 5.10 Å². The van der Waals surface area contributed by atoms with Crippen molar-refractivity contribution in [2.75, 3.05) is 11.2 Å². The normalized spacial score (nSPS) is 15.2. The number of nitrogens with one attached hydrogen (secondary N) is 1. The van der Waals surface area contributed by atoms with Gasteiger partial charge in [0.25, 0.3) is 0 Å². The van der Waals surface area contributed by atoms with Crippen molar-refractivity contribution < 1.29 is 4.79 Å². The molecule has 0 atom stereocenters. The van der Waals surface area contributed by atoms with Crippen molar-refractivity contribution in [3.05, 3.63) is 30.6 Å². The number of fused-ring (bicyclic) bond motifs is 1. The van der Waals surface area contributed by atoms with Gasteiger partial charge in [-0.1, -0.05) is 36.7 Å². The van der Waals surface area contributed by atoms with E-state index in [-0.39, 0.29) is 11.7 Å². The number of aromatic nitrogens is 6. The number of carbonyl (C=O) groups is 1. The summed E-state index contributed by atoms with van der Waals surface area (Å²) in [7, 11) is 0. The molecule has 2 aromatic heterocycles. The lowest BCUT2D eigenvalue weighted by Crippen LogP contribution is -2.24. The van der Waals surface area contributed by atoms with E-state index in [1.165, 1.54) is 24.6 Å². The van der Waals surface area contributed by atoms with Crippen molar-refractivity contribution >= 4 is 28.7 Å². The van der Waals surface area contributed by atoms with E-state index >= 15 is 0 Å². The fraction of sp³-hybridized carbons (Fsp3) is 0.400. The fourth-order valence-corrected chi connectivity index (χ4v) is 3.74. The standard InChI is InChI=1S/C15H17N7OS/c23-14(18-21-10-16-12-7-3-4-8-13(12)21)9-24-15-17-19-20-22(15)11-5-1-2-6-11/h3-4,7-8,10-11H,1-2,5-6,9H2,(H,18,23). The number of hydrogen-bond donors (Lipinski definition) is 1. The van der Waals surface area contributed by atoms with Gasteiger partial charge in [0.2, 0.25) is 11.1 Å². The van der Waals surface area contributed by atoms with Gasteiger partial charge in [0.15, 0.2) is 0 Å². The lowest BCUT2D eigenvalue weighted by molar-refractivity contribution is -0.114. The van der Waals surface area contributed by atoms with Crippen LogP contribution in [0.2, 0.25) is 0 Å². The SMILES string of the molecule is O=C(CSc1nnnn1C1CCCC1)Nn1cnc2ccccc21. The quantitative estimate of drug-likeness (QED) is 0.713. The first-order valence-corrected chi connectivity index (χ1v) is 8.92. The van der Waals surface area contributed by atoms with E-state index in [4.69, 9.17) is 0 Å². The summed E-state index contributed by atoms with van der Waals surface area (Å²) in [6.07, 6.45) is 6.24. The molecule has 124 valence electrons. The second-order valence-corrected chi connectivity index (χ2v) is 6.71. The molecule has 1 aromatic carbocycles. The number of nitrogens with zero attached hydrogens (tertiary/aromatic N) is 6. The van der Waals surface area contributed by atoms with Crippen LogP contribution >= 0.6 is 11.8 Å². The van der Waals surface area contributed by atoms with E-state index in [2.05, 4.69) is 25.9 Å². The fourth-order valence-electron chi connectivity index (χ4n) is 3.00. The van der Waals surface area contributed by atoms with Gasteiger partial charge >= 0.3 is 0 Å². The average molecular weight is 343 g/mol. The van der Waals surface area contributed by atoms with Crippen LogP contribution in [0.1, 0.15) is 31.7 Å². The second-order valence-electron chi connectivity index (χ2n) is 5.77. The first-order valence-electron chi connectivity index (χ1n) is 7.94. The third kappa shape index (κ3) is 2.99. The van der Waals surface area contributed by atoms with Crippen LogP contribution in [0.5, 0.6) is 0 Å². The van der Waals surface area contributed by atoms with Crippen molar-refractivity contribution in [2.24, 2.45) is 0 Å². The predicted molar refractivity (Wildman–Crippen MR) is 90.1 cm³/mol. The number of rotatable bonds is 5. The molecule has 0 bridgehead atoms. The topological polar surface area (TPSA) is 90.5 Å². The number of imidazole rings is 1. The van der Waals surface area contributed by atoms with Crippen molar-refractivity contribution in [2.45, 2.75) is 36.9 Å². The number of para-hydroxylation sites is 2. The van der Waals surface area contributed by atoms with Crippen LogP contribution in [0, 0.1) is 0 Å². The Morgan fingerprint density at radius 2 is 2.12 bits per heavy atom. The zero-order valence-electron chi connectivity index (χ0n) is 13.0. The highest BCUT2D eigenvalue weighted by Crippen LogP contribution is 2.31. The molecule has 24 heavy (non-hydrogen) atoms. The smallest absolute Gasteiger partial charge is 0.249 e. The highest BCUT2D eigenvalue weighted by molar-refractivity contribution is 7.99. The lowest BCUT2D eigenvalue weighted by atomic mass is 10.3. The van der Waals surface area contributed by atoms with Crippen LogP contribution in [-0.2, 0) is 4.79 Å². The number of carbonyl (C=O) groups excluding carboxylic acids is 1. The van der Waals surface area contributed by atoms with Gasteiger partial charge in [-0.25, -0.2) is 14.3 Å². The van der Waals surface area contributed by atoms with Gasteiger partial charge in [-0.05, 0) is 35.4 Å². The van der Waals surface area contributed by atoms with Gasteiger partial charge in [0.1, 0.15) is 6.33 Å². The Morgan fingerprint density at radius 1 is 1.29 bits per heavy atom. The molecule has 0 saturated heterocycles. The molecule has 1 aliphatic rings. The molecule has 1 saturated carbocycles. The zero-order valence-corrected chi connectivity index (χ0v) is 13.8. The Bertz CT molecular complexity index is 852. The molecular weight excluding hydrogens is 326 g/mol. The predicted octanol–water partition coefficient (Wildman–Crippen LogP) is 2.00. The van der Waals surface area contributed by atoms with Crippen LogP contribution < -0.4 is 5.43 Å². The van der Waals surface area contributed by atoms with Crippen LogP contribution in [0.25, 0.3) is 11.0 Å². The Balaban J connectivity index is 1.39. The summed E-state index contributed by atoms with van der Waals surface area (Å²) < 4.78 is 3.50. The number of tetrazole rings is 1. The molecule has 8 nitrogen and oxygen atoms in total. The molecular formula is C15H17N7OS. The van der Waals surface area contributed by atoms with E-state index in [1.54, 1.807) is 11.0 Å². The average Bonchev–Trinajstić information content (AvgIpc) is 3.33. The number of benzene rings is 1. The van der Waals surface area contributed by atoms with Crippen molar-refractivity contribution in [1.29, 1.82) is 0 Å². The molecule has 1 fully saturated rings. The van der Waals surface area contributed by atoms with E-state index < -0.39 is 0 Å². The Kier molecular flexibility index (Phi) is 4.16. The molecule has 4 rings (SSSR count). The van der Waals surface area contributed by atoms with E-state index in [0.717, 1.165) is 23.9 Å². The Labute approximate surface area is 142 Å². The minimum Gasteiger partial charge on any atom is -0.272 e. The molecule has 9 heteroatoms. The van der Waals surface area contributed by atoms with Gasteiger partial charge < -0.3 is 0 Å². The summed E-state index contributed by atoms with van der Waals surface area (Å²) in [4.78, 5) is 16.5. The third-order valence-electron chi connectivity index (χ3n) is 4.16. The van der Waals surface area contributed by atoms with Crippen LogP contribution in [0.4, 0.5) is 0 Å². The van der Waals surface area contributed by atoms with Crippen LogP contribution in [-0.4, -0.2) is 41.5 Å². The molecule has 0 radical (unpaired) electrons. The largest absolute Gasteiger partial charge is 0.272 e. The molecule has 3 aromatic rings. The van der Waals surface area contributed by atoms with Crippen LogP contribution in [0.3, 0.4) is 0 Å². The van der Waals surface area contributed by atoms with E-state index in [1.807, 2.05) is 28.9 Å². The van der Waals surface area contributed by atoms with Crippen molar-refractivity contribution in [1.82, 2.24) is 29.9 Å². The number of thioether (sulfide) groups is 1. The summed E-state index contributed by atoms with van der Waals surface area (Å²) in [5.74, 6) is 0.128. The summed E-state index contributed by atoms with van der Waals surface area (Å²) in [5, 5.41) is 12.6. The molecule has 1 amide bonds. The zero-order chi connectivity index (χ0) is 16.4. The molecule has 1 N–H and O–H groups in total. The second kappa shape index (κ2) is 6.60. The molecule has 0 unspecified atom stereocenters. The van der Waals surface area contributed by atoms with Crippen molar-refractivity contribution in [3.8, 4) is 0 Å². The first-order chi connectivity index (χ1) is 11.8. The summed E-state index contributed by atoms with van der Waals surface area (Å²) >= 11 is 1.36. The highest BCUT2D eigenvalue weighted by atomic mass is 32.2. The molecule has 0 spiro atoms. The summed E-state index contributed by atoms with van der Waals surface area (Å²) in [6.45, 7) is 0. The minimum absolute atomic E-state index is 0.121. The van der Waals surface area contributed by atoms with E-state index in [0.29, 0.717) is 11.2 Å². The van der Waals surface area contributed by atoms with Crippen LogP contribution in [0.15, 0.2) is 35.7 Å². The lowest BCUT2D eigenvalue weighted by Gasteiger charge is -2.11. The van der Waals surface area contributed by atoms with Gasteiger partial charge in [0, 0.05) is 0 Å². The summed E-state index contributed by atoms with van der Waals surface area (Å²) in [6, 6.07) is 8.01. The minimum atomic E-state index is -0.121. The van der Waals surface area contributed by atoms with Crippen molar-refractivity contribution in [3.63, 3.8) is 0 Å². The van der Waals surface area contributed by atoms with Gasteiger partial charge in [-0.2, -0.15) is 0 Å². The maximum absolute atomic E-state index is 12.2. The third-order valence-corrected chi connectivity index (χ3v) is 5.10. The Morgan fingerprint density at radius 3 is 3.00 bits per heavy atom. The molecule has 2 heterocycles. The molecule has 1 aliphatic carbocycles. The number of hydrogen-bond acceptors (Lipinski definition) is 6. The number of amides is 1. The Hall–Kier alpha value is -2.42. The van der Waals surface area contributed by atoms with Gasteiger partial charge in [0.05, 0.1) is 22.8 Å². The monoisotopic (exact) mass is 343 g/mol. The maximum Gasteiger partial charge on any atom is 0.249 e. The first kappa shape index (κ1) is 15.1. The molecule has 0 aliphatic heterocycles. The summed E-state index contributed by atoms with van der Waals surface area (Å²) in [5.41, 5.74) is 4.54. The van der Waals surface area contributed by atoms with E-state index in [9.17, 15) is 4.79 Å².